The molecule has 8 nitrogen and oxygen atoms in total. The molecular formula is C30H24BrN3O5S. The number of halogens is 1. The molecule has 6 rings (SSSR count). The highest BCUT2D eigenvalue weighted by Gasteiger charge is 2.32. The first-order valence-corrected chi connectivity index (χ1v) is 14.2. The Hall–Kier alpha value is -4.15. The van der Waals surface area contributed by atoms with E-state index >= 15 is 0 Å². The van der Waals surface area contributed by atoms with Gasteiger partial charge in [0, 0.05) is 10.2 Å². The average molecular weight is 619 g/mol. The van der Waals surface area contributed by atoms with Crippen molar-refractivity contribution in [2.75, 3.05) is 18.7 Å². The van der Waals surface area contributed by atoms with Crippen LogP contribution in [0.2, 0.25) is 0 Å². The Labute approximate surface area is 242 Å². The van der Waals surface area contributed by atoms with Gasteiger partial charge in [0.25, 0.3) is 11.5 Å². The summed E-state index contributed by atoms with van der Waals surface area (Å²) in [6.45, 7) is 4.41. The summed E-state index contributed by atoms with van der Waals surface area (Å²) < 4.78 is 19.4. The first kappa shape index (κ1) is 26.1. The SMILES string of the molecule is CCOc1ccc([C@H]2C(C(=O)Nc3ccccc3)=C(C)N=c3s/c(=C\c4cc5c(cc4Br)OCO5)c(=O)n32)cc1. The molecule has 40 heavy (non-hydrogen) atoms. The Bertz CT molecular complexity index is 1830. The minimum Gasteiger partial charge on any atom is -0.494 e. The largest absolute Gasteiger partial charge is 0.494 e. The summed E-state index contributed by atoms with van der Waals surface area (Å²) in [6, 6.07) is 19.7. The number of thiazole rings is 1. The van der Waals surface area contributed by atoms with Crippen molar-refractivity contribution in [2.45, 2.75) is 19.9 Å². The van der Waals surface area contributed by atoms with Gasteiger partial charge >= 0.3 is 0 Å². The van der Waals surface area contributed by atoms with E-state index in [0.717, 1.165) is 15.6 Å². The Morgan fingerprint density at radius 2 is 1.88 bits per heavy atom. The zero-order valence-corrected chi connectivity index (χ0v) is 24.0. The van der Waals surface area contributed by atoms with Gasteiger partial charge < -0.3 is 19.5 Å². The highest BCUT2D eigenvalue weighted by molar-refractivity contribution is 9.10. The Morgan fingerprint density at radius 3 is 2.60 bits per heavy atom. The van der Waals surface area contributed by atoms with Crippen LogP contribution in [0.4, 0.5) is 5.69 Å². The lowest BCUT2D eigenvalue weighted by molar-refractivity contribution is -0.113. The van der Waals surface area contributed by atoms with Crippen LogP contribution in [-0.4, -0.2) is 23.9 Å². The van der Waals surface area contributed by atoms with Gasteiger partial charge in [0.05, 0.1) is 28.5 Å². The van der Waals surface area contributed by atoms with Crippen molar-refractivity contribution in [3.8, 4) is 17.2 Å². The number of anilines is 1. The summed E-state index contributed by atoms with van der Waals surface area (Å²) >= 11 is 4.85. The van der Waals surface area contributed by atoms with Gasteiger partial charge in [-0.3, -0.25) is 14.2 Å². The van der Waals surface area contributed by atoms with Gasteiger partial charge in [-0.05, 0) is 67.4 Å². The molecule has 0 spiro atoms. The summed E-state index contributed by atoms with van der Waals surface area (Å²) in [6.07, 6.45) is 1.80. The number of allylic oxidation sites excluding steroid dienone is 1. The summed E-state index contributed by atoms with van der Waals surface area (Å²) in [5.41, 5.74) is 2.89. The molecule has 0 radical (unpaired) electrons. The molecule has 0 unspecified atom stereocenters. The first-order chi connectivity index (χ1) is 19.4. The molecule has 0 bridgehead atoms. The van der Waals surface area contributed by atoms with E-state index in [2.05, 4.69) is 21.2 Å². The molecule has 0 aliphatic carbocycles. The van der Waals surface area contributed by atoms with Crippen LogP contribution in [0.1, 0.15) is 31.0 Å². The monoisotopic (exact) mass is 617 g/mol. The molecule has 202 valence electrons. The summed E-state index contributed by atoms with van der Waals surface area (Å²) in [4.78, 5) is 32.9. The third-order valence-electron chi connectivity index (χ3n) is 6.58. The minimum atomic E-state index is -0.682. The first-order valence-electron chi connectivity index (χ1n) is 12.6. The minimum absolute atomic E-state index is 0.155. The van der Waals surface area contributed by atoms with Gasteiger partial charge in [0.2, 0.25) is 6.79 Å². The Kier molecular flexibility index (Phi) is 7.03. The fraction of sp³-hybridized carbons (Fsp3) is 0.167. The second-order valence-electron chi connectivity index (χ2n) is 9.13. The molecule has 0 saturated heterocycles. The van der Waals surface area contributed by atoms with Gasteiger partial charge in [-0.2, -0.15) is 0 Å². The van der Waals surface area contributed by atoms with Crippen LogP contribution in [0.25, 0.3) is 6.08 Å². The van der Waals surface area contributed by atoms with Crippen LogP contribution >= 0.6 is 27.3 Å². The zero-order chi connectivity index (χ0) is 27.8. The van der Waals surface area contributed by atoms with E-state index in [9.17, 15) is 9.59 Å². The summed E-state index contributed by atoms with van der Waals surface area (Å²) in [7, 11) is 0. The molecular weight excluding hydrogens is 594 g/mol. The van der Waals surface area contributed by atoms with E-state index in [1.165, 1.54) is 11.3 Å². The van der Waals surface area contributed by atoms with Crippen molar-refractivity contribution < 1.29 is 19.0 Å². The van der Waals surface area contributed by atoms with Crippen LogP contribution in [0.3, 0.4) is 0 Å². The number of nitrogens with zero attached hydrogens (tertiary/aromatic N) is 2. The molecule has 1 atom stereocenters. The normalized spacial score (nSPS) is 16.0. The molecule has 1 aromatic heterocycles. The van der Waals surface area contributed by atoms with Crippen LogP contribution in [0.5, 0.6) is 17.2 Å². The number of para-hydroxylation sites is 1. The van der Waals surface area contributed by atoms with Gasteiger partial charge in [-0.15, -0.1) is 0 Å². The van der Waals surface area contributed by atoms with Gasteiger partial charge in [-0.1, -0.05) is 57.6 Å². The fourth-order valence-electron chi connectivity index (χ4n) is 4.74. The van der Waals surface area contributed by atoms with Crippen molar-refractivity contribution in [2.24, 2.45) is 4.99 Å². The van der Waals surface area contributed by atoms with Gasteiger partial charge in [-0.25, -0.2) is 4.99 Å². The van der Waals surface area contributed by atoms with E-state index in [1.54, 1.807) is 17.6 Å². The van der Waals surface area contributed by atoms with Crippen molar-refractivity contribution in [1.29, 1.82) is 0 Å². The molecule has 3 aromatic carbocycles. The molecule has 0 saturated carbocycles. The predicted octanol–water partition coefficient (Wildman–Crippen LogP) is 4.76. The lowest BCUT2D eigenvalue weighted by Crippen LogP contribution is -2.40. The number of carbonyl (C=O) groups excluding carboxylic acids is 1. The lowest BCUT2D eigenvalue weighted by atomic mass is 9.95. The van der Waals surface area contributed by atoms with Crippen molar-refractivity contribution in [3.63, 3.8) is 0 Å². The van der Waals surface area contributed by atoms with E-state index in [-0.39, 0.29) is 18.3 Å². The van der Waals surface area contributed by atoms with Gasteiger partial charge in [0.1, 0.15) is 5.75 Å². The highest BCUT2D eigenvalue weighted by atomic mass is 79.9. The van der Waals surface area contributed by atoms with Crippen LogP contribution in [0.15, 0.2) is 92.3 Å². The van der Waals surface area contributed by atoms with E-state index < -0.39 is 6.04 Å². The fourth-order valence-corrected chi connectivity index (χ4v) is 6.22. The molecule has 4 aromatic rings. The van der Waals surface area contributed by atoms with Crippen molar-refractivity contribution >= 4 is 44.9 Å². The molecule has 1 amide bonds. The van der Waals surface area contributed by atoms with Crippen LogP contribution in [0, 0.1) is 0 Å². The van der Waals surface area contributed by atoms with Crippen LogP contribution < -0.4 is 34.4 Å². The van der Waals surface area contributed by atoms with E-state index in [4.69, 9.17) is 19.2 Å². The predicted molar refractivity (Wildman–Crippen MR) is 157 cm³/mol. The highest BCUT2D eigenvalue weighted by Crippen LogP contribution is 2.37. The Balaban J connectivity index is 1.49. The number of hydrogen-bond donors (Lipinski definition) is 1. The number of aromatic nitrogens is 1. The Morgan fingerprint density at radius 1 is 1.15 bits per heavy atom. The maximum Gasteiger partial charge on any atom is 0.271 e. The topological polar surface area (TPSA) is 91.2 Å². The number of hydrogen-bond acceptors (Lipinski definition) is 7. The average Bonchev–Trinajstić information content (AvgIpc) is 3.52. The zero-order valence-electron chi connectivity index (χ0n) is 21.6. The number of amides is 1. The lowest BCUT2D eigenvalue weighted by Gasteiger charge is -2.25. The van der Waals surface area contributed by atoms with E-state index in [1.807, 2.05) is 73.7 Å². The van der Waals surface area contributed by atoms with Crippen molar-refractivity contribution in [3.05, 3.63) is 113 Å². The third-order valence-corrected chi connectivity index (χ3v) is 8.25. The van der Waals surface area contributed by atoms with Gasteiger partial charge in [0.15, 0.2) is 16.3 Å². The number of rotatable bonds is 6. The maximum absolute atomic E-state index is 14.0. The molecule has 2 aliphatic heterocycles. The second-order valence-corrected chi connectivity index (χ2v) is 11.0. The molecule has 3 heterocycles. The second kappa shape index (κ2) is 10.8. The van der Waals surface area contributed by atoms with E-state index in [0.29, 0.717) is 50.1 Å². The standard InChI is InChI=1S/C30H24BrN3O5S/c1-3-37-21-11-9-18(10-12-21)27-26(28(35)33-20-7-5-4-6-8-20)17(2)32-30-34(27)29(36)25(40-30)14-19-13-23-24(15-22(19)31)39-16-38-23/h4-15,27H,3,16H2,1-2H3,(H,33,35)/b25-14-/t27-/m0/s1. The van der Waals surface area contributed by atoms with Crippen molar-refractivity contribution in [1.82, 2.24) is 4.57 Å². The number of ether oxygens (including phenoxy) is 3. The smallest absolute Gasteiger partial charge is 0.271 e. The molecule has 0 fully saturated rings. The summed E-state index contributed by atoms with van der Waals surface area (Å²) in [5.74, 6) is 1.65. The van der Waals surface area contributed by atoms with Crippen LogP contribution in [-0.2, 0) is 4.79 Å². The number of fused-ring (bicyclic) bond motifs is 2. The molecule has 1 N–H and O–H groups in total. The third kappa shape index (κ3) is 4.84. The summed E-state index contributed by atoms with van der Waals surface area (Å²) in [5, 5.41) is 2.97. The molecule has 2 aliphatic rings. The number of carbonyl (C=O) groups is 1. The maximum atomic E-state index is 14.0. The molecule has 10 heteroatoms. The quantitative estimate of drug-likeness (QED) is 0.337. The number of nitrogens with one attached hydrogen (secondary N) is 1. The number of benzene rings is 3.